The average molecular weight is 284 g/mol. The van der Waals surface area contributed by atoms with E-state index in [2.05, 4.69) is 5.32 Å². The number of carboxylic acid groups (broad SMARTS) is 1. The lowest BCUT2D eigenvalue weighted by Gasteiger charge is -2.17. The van der Waals surface area contributed by atoms with E-state index < -0.39 is 17.8 Å². The van der Waals surface area contributed by atoms with Crippen LogP contribution in [0.1, 0.15) is 12.8 Å². The third-order valence-electron chi connectivity index (χ3n) is 2.63. The summed E-state index contributed by atoms with van der Waals surface area (Å²) in [6.45, 7) is 0.316. The Morgan fingerprint density at radius 3 is 2.75 bits per heavy atom. The van der Waals surface area contributed by atoms with Gasteiger partial charge in [-0.2, -0.15) is 0 Å². The molecule has 0 saturated carbocycles. The van der Waals surface area contributed by atoms with Crippen molar-refractivity contribution < 1.29 is 23.8 Å². The van der Waals surface area contributed by atoms with Crippen LogP contribution in [0.4, 0.5) is 14.9 Å². The molecule has 0 fully saturated rings. The predicted molar refractivity (Wildman–Crippen MR) is 71.5 cm³/mol. The molecule has 0 aliphatic carbocycles. The van der Waals surface area contributed by atoms with Crippen LogP contribution in [0.3, 0.4) is 0 Å². The Morgan fingerprint density at radius 2 is 2.15 bits per heavy atom. The number of aliphatic carboxylic acids is 1. The van der Waals surface area contributed by atoms with Crippen LogP contribution >= 0.6 is 0 Å². The van der Waals surface area contributed by atoms with E-state index in [0.717, 1.165) is 0 Å². The first kappa shape index (κ1) is 15.7. The molecule has 2 N–H and O–H groups in total. The van der Waals surface area contributed by atoms with Crippen LogP contribution in [-0.4, -0.2) is 42.7 Å². The molecule has 0 aliphatic heterocycles. The Bertz CT molecular complexity index is 493. The number of rotatable bonds is 6. The van der Waals surface area contributed by atoms with E-state index in [9.17, 15) is 14.0 Å². The third-order valence-corrected chi connectivity index (χ3v) is 2.63. The summed E-state index contributed by atoms with van der Waals surface area (Å²) in [6.07, 6.45) is 0.369. The van der Waals surface area contributed by atoms with Gasteiger partial charge in [-0.05, 0) is 18.6 Å². The van der Waals surface area contributed by atoms with Gasteiger partial charge in [0.25, 0.3) is 0 Å². The van der Waals surface area contributed by atoms with Crippen molar-refractivity contribution in [3.8, 4) is 5.75 Å². The van der Waals surface area contributed by atoms with Gasteiger partial charge < -0.3 is 20.1 Å². The summed E-state index contributed by atoms with van der Waals surface area (Å²) in [6, 6.07) is 3.59. The standard InChI is InChI=1S/C13H17FN2O4/c1-16(7-3-4-12(17)18)13(19)15-9-5-6-10(14)11(8-9)20-2/h5-6,8H,3-4,7H2,1-2H3,(H,15,19)(H,17,18). The SMILES string of the molecule is COc1cc(NC(=O)N(C)CCCC(=O)O)ccc1F. The Morgan fingerprint density at radius 1 is 1.45 bits per heavy atom. The summed E-state index contributed by atoms with van der Waals surface area (Å²) in [5.74, 6) is -1.38. The summed E-state index contributed by atoms with van der Waals surface area (Å²) in [7, 11) is 2.89. The maximum atomic E-state index is 13.2. The minimum atomic E-state index is -0.901. The van der Waals surface area contributed by atoms with Crippen molar-refractivity contribution in [3.63, 3.8) is 0 Å². The van der Waals surface area contributed by atoms with Crippen molar-refractivity contribution in [1.82, 2.24) is 4.90 Å². The first-order valence-corrected chi connectivity index (χ1v) is 6.01. The number of methoxy groups -OCH3 is 1. The van der Waals surface area contributed by atoms with Crippen LogP contribution in [0.2, 0.25) is 0 Å². The van der Waals surface area contributed by atoms with Gasteiger partial charge in [-0.1, -0.05) is 0 Å². The van der Waals surface area contributed by atoms with Crippen molar-refractivity contribution in [2.24, 2.45) is 0 Å². The van der Waals surface area contributed by atoms with E-state index in [1.54, 1.807) is 7.05 Å². The second-order valence-electron chi connectivity index (χ2n) is 4.20. The Balaban J connectivity index is 2.54. The Hall–Kier alpha value is -2.31. The largest absolute Gasteiger partial charge is 0.494 e. The van der Waals surface area contributed by atoms with Crippen LogP contribution in [0.25, 0.3) is 0 Å². The number of benzene rings is 1. The summed E-state index contributed by atoms with van der Waals surface area (Å²) >= 11 is 0. The number of urea groups is 1. The topological polar surface area (TPSA) is 78.9 Å². The van der Waals surface area contributed by atoms with Crippen molar-refractivity contribution in [2.75, 3.05) is 26.0 Å². The van der Waals surface area contributed by atoms with Gasteiger partial charge in [0.15, 0.2) is 11.6 Å². The minimum absolute atomic E-state index is 0.00198. The number of amides is 2. The molecule has 0 spiro atoms. The summed E-state index contributed by atoms with van der Waals surface area (Å²) in [4.78, 5) is 23.5. The number of carbonyl (C=O) groups excluding carboxylic acids is 1. The third kappa shape index (κ3) is 4.75. The molecule has 6 nitrogen and oxygen atoms in total. The van der Waals surface area contributed by atoms with E-state index in [0.29, 0.717) is 18.7 Å². The van der Waals surface area contributed by atoms with Crippen LogP contribution in [0.5, 0.6) is 5.75 Å². The number of halogens is 1. The average Bonchev–Trinajstić information content (AvgIpc) is 2.40. The van der Waals surface area contributed by atoms with Gasteiger partial charge in [-0.3, -0.25) is 4.79 Å². The zero-order valence-corrected chi connectivity index (χ0v) is 11.4. The lowest BCUT2D eigenvalue weighted by Crippen LogP contribution is -2.32. The highest BCUT2D eigenvalue weighted by atomic mass is 19.1. The smallest absolute Gasteiger partial charge is 0.321 e. The lowest BCUT2D eigenvalue weighted by atomic mass is 10.3. The Labute approximate surface area is 116 Å². The normalized spacial score (nSPS) is 9.95. The number of nitrogens with one attached hydrogen (secondary N) is 1. The van der Waals surface area contributed by atoms with Gasteiger partial charge in [0.2, 0.25) is 0 Å². The molecule has 110 valence electrons. The zero-order chi connectivity index (χ0) is 15.1. The van der Waals surface area contributed by atoms with E-state index in [1.165, 1.54) is 30.2 Å². The molecule has 0 aromatic heterocycles. The molecular formula is C13H17FN2O4. The summed E-state index contributed by atoms with van der Waals surface area (Å²) < 4.78 is 18.0. The molecule has 2 amide bonds. The first-order valence-electron chi connectivity index (χ1n) is 6.01. The monoisotopic (exact) mass is 284 g/mol. The lowest BCUT2D eigenvalue weighted by molar-refractivity contribution is -0.137. The minimum Gasteiger partial charge on any atom is -0.494 e. The molecule has 20 heavy (non-hydrogen) atoms. The number of anilines is 1. The fourth-order valence-electron chi connectivity index (χ4n) is 1.53. The van der Waals surface area contributed by atoms with Crippen molar-refractivity contribution in [3.05, 3.63) is 24.0 Å². The van der Waals surface area contributed by atoms with Gasteiger partial charge in [0.05, 0.1) is 7.11 Å². The number of ether oxygens (including phenoxy) is 1. The molecule has 0 bridgehead atoms. The molecule has 0 saturated heterocycles. The fourth-order valence-corrected chi connectivity index (χ4v) is 1.53. The Kier molecular flexibility index (Phi) is 5.76. The van der Waals surface area contributed by atoms with E-state index >= 15 is 0 Å². The highest BCUT2D eigenvalue weighted by Gasteiger charge is 2.11. The van der Waals surface area contributed by atoms with E-state index in [-0.39, 0.29) is 12.2 Å². The number of hydrogen-bond acceptors (Lipinski definition) is 3. The van der Waals surface area contributed by atoms with Gasteiger partial charge >= 0.3 is 12.0 Å². The molecule has 0 atom stereocenters. The molecular weight excluding hydrogens is 267 g/mol. The van der Waals surface area contributed by atoms with Crippen LogP contribution in [-0.2, 0) is 4.79 Å². The van der Waals surface area contributed by atoms with E-state index in [1.807, 2.05) is 0 Å². The molecule has 0 aliphatic rings. The molecule has 0 radical (unpaired) electrons. The van der Waals surface area contributed by atoms with Crippen molar-refractivity contribution in [2.45, 2.75) is 12.8 Å². The first-order chi connectivity index (χ1) is 9.43. The van der Waals surface area contributed by atoms with Gasteiger partial charge in [0.1, 0.15) is 0 Å². The molecule has 1 aromatic rings. The summed E-state index contributed by atoms with van der Waals surface area (Å²) in [5.41, 5.74) is 0.401. The second kappa shape index (κ2) is 7.32. The molecule has 1 aromatic carbocycles. The quantitative estimate of drug-likeness (QED) is 0.839. The number of carboxylic acids is 1. The van der Waals surface area contributed by atoms with Crippen molar-refractivity contribution in [1.29, 1.82) is 0 Å². The van der Waals surface area contributed by atoms with Gasteiger partial charge in [-0.25, -0.2) is 9.18 Å². The predicted octanol–water partition coefficient (Wildman–Crippen LogP) is 2.16. The van der Waals surface area contributed by atoms with Crippen molar-refractivity contribution >= 4 is 17.7 Å². The second-order valence-corrected chi connectivity index (χ2v) is 4.20. The maximum absolute atomic E-state index is 13.2. The molecule has 1 rings (SSSR count). The van der Waals surface area contributed by atoms with Gasteiger partial charge in [0, 0.05) is 31.8 Å². The molecule has 7 heteroatoms. The van der Waals surface area contributed by atoms with Crippen LogP contribution in [0, 0.1) is 5.82 Å². The zero-order valence-electron chi connectivity index (χ0n) is 11.4. The van der Waals surface area contributed by atoms with Crippen LogP contribution in [0.15, 0.2) is 18.2 Å². The number of carbonyl (C=O) groups is 2. The van der Waals surface area contributed by atoms with Crippen LogP contribution < -0.4 is 10.1 Å². The highest BCUT2D eigenvalue weighted by Crippen LogP contribution is 2.21. The molecule has 0 heterocycles. The maximum Gasteiger partial charge on any atom is 0.321 e. The molecule has 0 unspecified atom stereocenters. The summed E-state index contributed by atoms with van der Waals surface area (Å²) in [5, 5.41) is 11.1. The number of hydrogen-bond donors (Lipinski definition) is 2. The van der Waals surface area contributed by atoms with Gasteiger partial charge in [-0.15, -0.1) is 0 Å². The highest BCUT2D eigenvalue weighted by molar-refractivity contribution is 5.89. The van der Waals surface area contributed by atoms with E-state index in [4.69, 9.17) is 9.84 Å². The number of nitrogens with zero attached hydrogens (tertiary/aromatic N) is 1. The fraction of sp³-hybridized carbons (Fsp3) is 0.385.